The molecule has 0 rings (SSSR count). The standard InChI is InChI=1S/C10H20N2/c1-7(2)10(11)8(3)9(4)12(5)6/h7,11H,1-6H3/b9-8-,11-10?. The predicted molar refractivity (Wildman–Crippen MR) is 54.6 cm³/mol. The molecular formula is C10H20N2. The topological polar surface area (TPSA) is 27.1 Å². The van der Waals surface area contributed by atoms with Crippen LogP contribution in [-0.2, 0) is 0 Å². The summed E-state index contributed by atoms with van der Waals surface area (Å²) in [6.07, 6.45) is 0. The summed E-state index contributed by atoms with van der Waals surface area (Å²) in [7, 11) is 4.01. The summed E-state index contributed by atoms with van der Waals surface area (Å²) in [6.45, 7) is 8.16. The molecule has 70 valence electrons. The molecule has 2 nitrogen and oxygen atoms in total. The predicted octanol–water partition coefficient (Wildman–Crippen LogP) is 2.52. The van der Waals surface area contributed by atoms with Crippen LogP contribution in [0.2, 0.25) is 0 Å². The van der Waals surface area contributed by atoms with E-state index in [4.69, 9.17) is 5.41 Å². The fourth-order valence-electron chi connectivity index (χ4n) is 0.963. The van der Waals surface area contributed by atoms with Crippen LogP contribution in [-0.4, -0.2) is 24.7 Å². The Balaban J connectivity index is 4.67. The molecule has 0 radical (unpaired) electrons. The lowest BCUT2D eigenvalue weighted by Crippen LogP contribution is -2.16. The first-order valence-electron chi connectivity index (χ1n) is 4.31. The van der Waals surface area contributed by atoms with E-state index in [9.17, 15) is 0 Å². The van der Waals surface area contributed by atoms with Gasteiger partial charge in [-0.15, -0.1) is 0 Å². The van der Waals surface area contributed by atoms with E-state index in [1.54, 1.807) is 0 Å². The smallest absolute Gasteiger partial charge is 0.0385 e. The minimum atomic E-state index is 0.319. The summed E-state index contributed by atoms with van der Waals surface area (Å²) in [5, 5.41) is 7.79. The Morgan fingerprint density at radius 2 is 1.58 bits per heavy atom. The molecule has 0 aromatic rings. The fourth-order valence-corrected chi connectivity index (χ4v) is 0.963. The van der Waals surface area contributed by atoms with Gasteiger partial charge in [-0.05, 0) is 25.3 Å². The molecule has 0 aliphatic rings. The Labute approximate surface area is 75.8 Å². The lowest BCUT2D eigenvalue weighted by Gasteiger charge is -2.18. The maximum Gasteiger partial charge on any atom is 0.0385 e. The van der Waals surface area contributed by atoms with Gasteiger partial charge < -0.3 is 10.3 Å². The Bertz CT molecular complexity index is 200. The number of allylic oxidation sites excluding steroid dienone is 2. The van der Waals surface area contributed by atoms with Gasteiger partial charge in [0.05, 0.1) is 0 Å². The zero-order valence-electron chi connectivity index (χ0n) is 9.02. The van der Waals surface area contributed by atoms with E-state index < -0.39 is 0 Å². The molecule has 0 heterocycles. The molecule has 0 spiro atoms. The van der Waals surface area contributed by atoms with Gasteiger partial charge >= 0.3 is 0 Å². The summed E-state index contributed by atoms with van der Waals surface area (Å²) in [6, 6.07) is 0. The van der Waals surface area contributed by atoms with Gasteiger partial charge in [0, 0.05) is 25.5 Å². The summed E-state index contributed by atoms with van der Waals surface area (Å²) < 4.78 is 0. The normalized spacial score (nSPS) is 12.9. The van der Waals surface area contributed by atoms with Gasteiger partial charge in [0.2, 0.25) is 0 Å². The molecule has 0 unspecified atom stereocenters. The van der Waals surface area contributed by atoms with Crippen molar-refractivity contribution in [2.45, 2.75) is 27.7 Å². The Morgan fingerprint density at radius 3 is 1.83 bits per heavy atom. The second-order valence-electron chi connectivity index (χ2n) is 3.67. The number of nitrogens with zero attached hydrogens (tertiary/aromatic N) is 1. The van der Waals surface area contributed by atoms with Crippen LogP contribution in [0, 0.1) is 11.3 Å². The largest absolute Gasteiger partial charge is 0.381 e. The van der Waals surface area contributed by atoms with E-state index >= 15 is 0 Å². The molecule has 0 aromatic heterocycles. The fraction of sp³-hybridized carbons (Fsp3) is 0.700. The molecular weight excluding hydrogens is 148 g/mol. The van der Waals surface area contributed by atoms with Crippen molar-refractivity contribution in [3.63, 3.8) is 0 Å². The van der Waals surface area contributed by atoms with E-state index in [0.29, 0.717) is 5.92 Å². The summed E-state index contributed by atoms with van der Waals surface area (Å²) >= 11 is 0. The molecule has 0 aromatic carbocycles. The van der Waals surface area contributed by atoms with Gasteiger partial charge in [-0.1, -0.05) is 13.8 Å². The van der Waals surface area contributed by atoms with Crippen LogP contribution in [0.4, 0.5) is 0 Å². The second kappa shape index (κ2) is 4.29. The van der Waals surface area contributed by atoms with E-state index in [1.165, 1.54) is 5.70 Å². The van der Waals surface area contributed by atoms with Gasteiger partial charge in [0.15, 0.2) is 0 Å². The third kappa shape index (κ3) is 2.68. The van der Waals surface area contributed by atoms with Crippen LogP contribution in [0.3, 0.4) is 0 Å². The number of rotatable bonds is 3. The zero-order valence-corrected chi connectivity index (χ0v) is 9.02. The number of nitrogens with one attached hydrogen (secondary N) is 1. The van der Waals surface area contributed by atoms with Crippen molar-refractivity contribution in [1.29, 1.82) is 5.41 Å². The molecule has 0 aliphatic heterocycles. The van der Waals surface area contributed by atoms with Crippen molar-refractivity contribution in [1.82, 2.24) is 4.90 Å². The van der Waals surface area contributed by atoms with Crippen LogP contribution in [0.15, 0.2) is 11.3 Å². The minimum Gasteiger partial charge on any atom is -0.381 e. The molecule has 0 aliphatic carbocycles. The van der Waals surface area contributed by atoms with Gasteiger partial charge in [-0.3, -0.25) is 0 Å². The highest BCUT2D eigenvalue weighted by atomic mass is 15.1. The summed E-state index contributed by atoms with van der Waals surface area (Å²) in [4.78, 5) is 2.05. The van der Waals surface area contributed by atoms with Crippen molar-refractivity contribution >= 4 is 5.71 Å². The minimum absolute atomic E-state index is 0.319. The average molecular weight is 168 g/mol. The van der Waals surface area contributed by atoms with Gasteiger partial charge in [-0.25, -0.2) is 0 Å². The van der Waals surface area contributed by atoms with Crippen LogP contribution < -0.4 is 0 Å². The SMILES string of the molecule is C/C(C(=N)C(C)C)=C(\C)N(C)C. The molecule has 2 heteroatoms. The third-order valence-corrected chi connectivity index (χ3v) is 2.19. The third-order valence-electron chi connectivity index (χ3n) is 2.19. The molecule has 0 atom stereocenters. The Morgan fingerprint density at radius 1 is 1.17 bits per heavy atom. The highest BCUT2D eigenvalue weighted by Gasteiger charge is 2.08. The lowest BCUT2D eigenvalue weighted by atomic mass is 10.00. The monoisotopic (exact) mass is 168 g/mol. The highest BCUT2D eigenvalue weighted by Crippen LogP contribution is 2.11. The molecule has 0 fully saturated rings. The average Bonchev–Trinajstić information content (AvgIpc) is 2.00. The number of hydrogen-bond acceptors (Lipinski definition) is 2. The van der Waals surface area contributed by atoms with Crippen molar-refractivity contribution in [3.8, 4) is 0 Å². The van der Waals surface area contributed by atoms with Crippen LogP contribution in [0.5, 0.6) is 0 Å². The maximum absolute atomic E-state index is 7.79. The molecule has 0 saturated heterocycles. The molecule has 1 N–H and O–H groups in total. The molecule has 12 heavy (non-hydrogen) atoms. The van der Waals surface area contributed by atoms with Gasteiger partial charge in [0.1, 0.15) is 0 Å². The Hall–Kier alpha value is -0.790. The molecule has 0 amide bonds. The zero-order chi connectivity index (χ0) is 9.89. The van der Waals surface area contributed by atoms with Crippen molar-refractivity contribution in [2.75, 3.05) is 14.1 Å². The summed E-state index contributed by atoms with van der Waals surface area (Å²) in [5.41, 5.74) is 3.00. The first-order valence-corrected chi connectivity index (χ1v) is 4.31. The van der Waals surface area contributed by atoms with E-state index in [-0.39, 0.29) is 0 Å². The quantitative estimate of drug-likeness (QED) is 0.644. The molecule has 0 saturated carbocycles. The highest BCUT2D eigenvalue weighted by molar-refractivity contribution is 5.98. The summed E-state index contributed by atoms with van der Waals surface area (Å²) in [5.74, 6) is 0.319. The van der Waals surface area contributed by atoms with Crippen molar-refractivity contribution in [2.24, 2.45) is 5.92 Å². The van der Waals surface area contributed by atoms with Crippen LogP contribution in [0.25, 0.3) is 0 Å². The molecule has 0 bridgehead atoms. The second-order valence-corrected chi connectivity index (χ2v) is 3.67. The Kier molecular flexibility index (Phi) is 4.01. The maximum atomic E-state index is 7.79. The van der Waals surface area contributed by atoms with Gasteiger partial charge in [0.25, 0.3) is 0 Å². The van der Waals surface area contributed by atoms with E-state index in [2.05, 4.69) is 13.8 Å². The van der Waals surface area contributed by atoms with E-state index in [0.717, 1.165) is 11.3 Å². The van der Waals surface area contributed by atoms with Gasteiger partial charge in [-0.2, -0.15) is 0 Å². The van der Waals surface area contributed by atoms with E-state index in [1.807, 2.05) is 32.8 Å². The van der Waals surface area contributed by atoms with Crippen LogP contribution in [0.1, 0.15) is 27.7 Å². The number of hydrogen-bond donors (Lipinski definition) is 1. The first kappa shape index (κ1) is 11.2. The van der Waals surface area contributed by atoms with Crippen LogP contribution >= 0.6 is 0 Å². The van der Waals surface area contributed by atoms with Crippen molar-refractivity contribution in [3.05, 3.63) is 11.3 Å². The first-order chi connectivity index (χ1) is 5.37. The lowest BCUT2D eigenvalue weighted by molar-refractivity contribution is 0.509. The van der Waals surface area contributed by atoms with Crippen molar-refractivity contribution < 1.29 is 0 Å².